The quantitative estimate of drug-likeness (QED) is 0.186. The van der Waals surface area contributed by atoms with E-state index in [2.05, 4.69) is 107 Å². The minimum atomic E-state index is 0.331. The van der Waals surface area contributed by atoms with E-state index in [1.807, 2.05) is 12.1 Å². The van der Waals surface area contributed by atoms with E-state index in [9.17, 15) is 0 Å². The molecule has 0 heterocycles. The first-order valence-electron chi connectivity index (χ1n) is 16.6. The fraction of sp³-hybridized carbons (Fsp3) is 0.415. The monoisotopic (exact) mass is 572 g/mol. The lowest BCUT2D eigenvalue weighted by atomic mass is 9.76. The Morgan fingerprint density at radius 2 is 0.977 bits per heavy atom. The number of nitrogen functional groups attached to an aromatic ring is 2. The number of anilines is 2. The summed E-state index contributed by atoms with van der Waals surface area (Å²) < 4.78 is 0. The Balaban J connectivity index is 1.39. The molecule has 1 aliphatic rings. The van der Waals surface area contributed by atoms with Crippen molar-refractivity contribution in [1.82, 2.24) is 0 Å². The molecule has 226 valence electrons. The number of aryl methyl sites for hydroxylation is 2. The van der Waals surface area contributed by atoms with Crippen LogP contribution in [0.5, 0.6) is 0 Å². The minimum absolute atomic E-state index is 0.331. The second-order valence-corrected chi connectivity index (χ2v) is 13.5. The molecule has 0 bridgehead atoms. The van der Waals surface area contributed by atoms with E-state index in [0.717, 1.165) is 23.2 Å². The molecule has 2 heteroatoms. The maximum Gasteiger partial charge on any atom is 0.0316 e. The van der Waals surface area contributed by atoms with Crippen molar-refractivity contribution in [1.29, 1.82) is 0 Å². The Morgan fingerprint density at radius 3 is 1.40 bits per heavy atom. The zero-order valence-electron chi connectivity index (χ0n) is 27.1. The van der Waals surface area contributed by atoms with Crippen molar-refractivity contribution in [3.05, 3.63) is 129 Å². The molecule has 0 spiro atoms. The van der Waals surface area contributed by atoms with Gasteiger partial charge >= 0.3 is 0 Å². The van der Waals surface area contributed by atoms with Crippen LogP contribution in [-0.4, -0.2) is 0 Å². The van der Waals surface area contributed by atoms with Gasteiger partial charge in [0, 0.05) is 29.1 Å². The SMILES string of the molecule is Cc1cc(N)ccc1C(C)c1ccc(C(CCC(C)C2CCCCC2)c2ccc(C(C)c3ccc(N)cc3C)cc2)cc1. The first-order valence-corrected chi connectivity index (χ1v) is 16.6. The van der Waals surface area contributed by atoms with Crippen LogP contribution in [0.25, 0.3) is 0 Å². The van der Waals surface area contributed by atoms with Gasteiger partial charge in [-0.1, -0.05) is 114 Å². The maximum atomic E-state index is 6.03. The molecule has 0 aromatic heterocycles. The Bertz CT molecular complexity index is 1380. The summed E-state index contributed by atoms with van der Waals surface area (Å²) >= 11 is 0. The summed E-state index contributed by atoms with van der Waals surface area (Å²) in [5.74, 6) is 2.74. The van der Waals surface area contributed by atoms with E-state index in [1.54, 1.807) is 0 Å². The summed E-state index contributed by atoms with van der Waals surface area (Å²) in [6.07, 6.45) is 9.56. The molecule has 5 rings (SSSR count). The Hall–Kier alpha value is -3.52. The Morgan fingerprint density at radius 1 is 0.558 bits per heavy atom. The second kappa shape index (κ2) is 13.8. The minimum Gasteiger partial charge on any atom is -0.399 e. The topological polar surface area (TPSA) is 52.0 Å². The van der Waals surface area contributed by atoms with E-state index in [0.29, 0.717) is 17.8 Å². The lowest BCUT2D eigenvalue weighted by molar-refractivity contribution is 0.247. The van der Waals surface area contributed by atoms with Gasteiger partial charge in [0.1, 0.15) is 0 Å². The highest BCUT2D eigenvalue weighted by atomic mass is 14.5. The number of hydrogen-bond donors (Lipinski definition) is 2. The van der Waals surface area contributed by atoms with E-state index >= 15 is 0 Å². The largest absolute Gasteiger partial charge is 0.399 e. The zero-order chi connectivity index (χ0) is 30.5. The van der Waals surface area contributed by atoms with E-state index < -0.39 is 0 Å². The maximum absolute atomic E-state index is 6.03. The number of hydrogen-bond acceptors (Lipinski definition) is 2. The predicted octanol–water partition coefficient (Wildman–Crippen LogP) is 10.9. The van der Waals surface area contributed by atoms with Crippen LogP contribution in [0.4, 0.5) is 11.4 Å². The molecule has 0 radical (unpaired) electrons. The molecule has 3 atom stereocenters. The van der Waals surface area contributed by atoms with Gasteiger partial charge in [0.2, 0.25) is 0 Å². The molecule has 0 saturated heterocycles. The number of nitrogens with two attached hydrogens (primary N) is 2. The molecule has 1 aliphatic carbocycles. The summed E-state index contributed by atoms with van der Waals surface area (Å²) in [6.45, 7) is 11.4. The fourth-order valence-electron chi connectivity index (χ4n) is 7.66. The molecular formula is C41H52N2. The van der Waals surface area contributed by atoms with Crippen LogP contribution in [0.2, 0.25) is 0 Å². The molecule has 0 amide bonds. The summed E-state index contributed by atoms with van der Waals surface area (Å²) in [5.41, 5.74) is 24.5. The lowest BCUT2D eigenvalue weighted by Gasteiger charge is -2.29. The Kier molecular flexibility index (Phi) is 9.96. The van der Waals surface area contributed by atoms with Gasteiger partial charge in [0.25, 0.3) is 0 Å². The van der Waals surface area contributed by atoms with Crippen molar-refractivity contribution in [2.75, 3.05) is 11.5 Å². The predicted molar refractivity (Wildman–Crippen MR) is 186 cm³/mol. The third kappa shape index (κ3) is 7.35. The second-order valence-electron chi connectivity index (χ2n) is 13.5. The third-order valence-electron chi connectivity index (χ3n) is 10.6. The van der Waals surface area contributed by atoms with Gasteiger partial charge in [-0.25, -0.2) is 0 Å². The average Bonchev–Trinajstić information content (AvgIpc) is 3.01. The van der Waals surface area contributed by atoms with Gasteiger partial charge in [-0.3, -0.25) is 0 Å². The van der Waals surface area contributed by atoms with Crippen molar-refractivity contribution in [3.63, 3.8) is 0 Å². The molecule has 4 N–H and O–H groups in total. The summed E-state index contributed by atoms with van der Waals surface area (Å²) in [6, 6.07) is 31.6. The standard InChI is InChI=1S/C41H52N2/c1-27(32-9-7-6-8-10-32)11-22-41(35-16-12-33(13-17-35)30(4)39-23-20-37(42)25-28(39)2)36-18-14-34(15-19-36)31(5)40-24-21-38(43)26-29(40)3/h12-21,23-27,30-32,41H,6-11,22,42-43H2,1-5H3. The highest BCUT2D eigenvalue weighted by Crippen LogP contribution is 2.38. The molecule has 4 aromatic carbocycles. The van der Waals surface area contributed by atoms with Crippen LogP contribution < -0.4 is 11.5 Å². The normalized spacial score (nSPS) is 16.9. The third-order valence-corrected chi connectivity index (χ3v) is 10.6. The summed E-state index contributed by atoms with van der Waals surface area (Å²) in [4.78, 5) is 0. The van der Waals surface area contributed by atoms with Gasteiger partial charge in [-0.2, -0.15) is 0 Å². The first kappa shape index (κ1) is 30.9. The highest BCUT2D eigenvalue weighted by molar-refractivity contribution is 5.49. The summed E-state index contributed by atoms with van der Waals surface area (Å²) in [5, 5.41) is 0. The van der Waals surface area contributed by atoms with Crippen LogP contribution in [-0.2, 0) is 0 Å². The average molecular weight is 573 g/mol. The van der Waals surface area contributed by atoms with E-state index in [1.165, 1.54) is 89.5 Å². The smallest absolute Gasteiger partial charge is 0.0316 e. The molecule has 0 aliphatic heterocycles. The Labute approximate surface area is 260 Å². The molecule has 3 unspecified atom stereocenters. The zero-order valence-corrected chi connectivity index (χ0v) is 27.1. The molecule has 2 nitrogen and oxygen atoms in total. The van der Waals surface area contributed by atoms with Crippen LogP contribution in [0, 0.1) is 25.7 Å². The fourth-order valence-corrected chi connectivity index (χ4v) is 7.66. The summed E-state index contributed by atoms with van der Waals surface area (Å²) in [7, 11) is 0. The van der Waals surface area contributed by atoms with E-state index in [-0.39, 0.29) is 0 Å². The molecule has 1 saturated carbocycles. The van der Waals surface area contributed by atoms with Crippen molar-refractivity contribution in [2.24, 2.45) is 11.8 Å². The number of rotatable bonds is 10. The van der Waals surface area contributed by atoms with E-state index in [4.69, 9.17) is 11.5 Å². The van der Waals surface area contributed by atoms with Crippen molar-refractivity contribution < 1.29 is 0 Å². The lowest BCUT2D eigenvalue weighted by Crippen LogP contribution is -2.16. The molecule has 4 aromatic rings. The van der Waals surface area contributed by atoms with Gasteiger partial charge in [-0.15, -0.1) is 0 Å². The van der Waals surface area contributed by atoms with Crippen LogP contribution in [0.1, 0.15) is 128 Å². The van der Waals surface area contributed by atoms with Gasteiger partial charge in [0.15, 0.2) is 0 Å². The van der Waals surface area contributed by atoms with Crippen LogP contribution in [0.3, 0.4) is 0 Å². The van der Waals surface area contributed by atoms with Gasteiger partial charge < -0.3 is 11.5 Å². The van der Waals surface area contributed by atoms with Crippen LogP contribution in [0.15, 0.2) is 84.9 Å². The van der Waals surface area contributed by atoms with Crippen LogP contribution >= 0.6 is 0 Å². The highest BCUT2D eigenvalue weighted by Gasteiger charge is 2.23. The van der Waals surface area contributed by atoms with Crippen molar-refractivity contribution >= 4 is 11.4 Å². The van der Waals surface area contributed by atoms with Gasteiger partial charge in [0.05, 0.1) is 0 Å². The van der Waals surface area contributed by atoms with Crippen molar-refractivity contribution in [3.8, 4) is 0 Å². The molecule has 43 heavy (non-hydrogen) atoms. The molecule has 1 fully saturated rings. The first-order chi connectivity index (χ1) is 20.7. The van der Waals surface area contributed by atoms with Gasteiger partial charge in [-0.05, 0) is 107 Å². The molecular weight excluding hydrogens is 520 g/mol. The number of benzene rings is 4. The van der Waals surface area contributed by atoms with Crippen molar-refractivity contribution in [2.45, 2.75) is 97.3 Å².